The third-order valence-electron chi connectivity index (χ3n) is 13.5. The molecule has 294 valence electrons. The fraction of sp³-hybridized carbons (Fsp3) is 0.0164. The van der Waals surface area contributed by atoms with Crippen LogP contribution in [0.1, 0.15) is 22.3 Å². The Morgan fingerprint density at radius 1 is 0.302 bits per heavy atom. The van der Waals surface area contributed by atoms with Gasteiger partial charge in [0.15, 0.2) is 0 Å². The van der Waals surface area contributed by atoms with Crippen LogP contribution < -0.4 is 4.90 Å². The van der Waals surface area contributed by atoms with Gasteiger partial charge in [0.05, 0.1) is 15.8 Å². The number of fused-ring (bicyclic) bond motifs is 14. The van der Waals surface area contributed by atoms with Crippen LogP contribution >= 0.6 is 11.3 Å². The second kappa shape index (κ2) is 14.1. The molecule has 10 aromatic carbocycles. The van der Waals surface area contributed by atoms with Crippen molar-refractivity contribution >= 4 is 48.6 Å². The van der Waals surface area contributed by atoms with Crippen LogP contribution in [-0.4, -0.2) is 0 Å². The zero-order valence-corrected chi connectivity index (χ0v) is 35.2. The maximum absolute atomic E-state index is 2.53. The highest BCUT2D eigenvalue weighted by Gasteiger charge is 2.46. The van der Waals surface area contributed by atoms with Gasteiger partial charge in [-0.2, -0.15) is 0 Å². The smallest absolute Gasteiger partial charge is 0.0714 e. The van der Waals surface area contributed by atoms with Crippen molar-refractivity contribution in [1.82, 2.24) is 0 Å². The molecule has 0 aliphatic heterocycles. The summed E-state index contributed by atoms with van der Waals surface area (Å²) in [6.45, 7) is 0. The lowest BCUT2D eigenvalue weighted by Gasteiger charge is -2.35. The predicted molar refractivity (Wildman–Crippen MR) is 267 cm³/mol. The van der Waals surface area contributed by atoms with Crippen molar-refractivity contribution in [3.63, 3.8) is 0 Å². The first-order valence-corrected chi connectivity index (χ1v) is 22.6. The van der Waals surface area contributed by atoms with E-state index in [-0.39, 0.29) is 0 Å². The van der Waals surface area contributed by atoms with Crippen molar-refractivity contribution in [2.24, 2.45) is 0 Å². The van der Waals surface area contributed by atoms with Crippen LogP contribution in [0, 0.1) is 0 Å². The molecule has 13 rings (SSSR count). The van der Waals surface area contributed by atoms with Gasteiger partial charge in [0.25, 0.3) is 0 Å². The number of hydrogen-bond donors (Lipinski definition) is 0. The molecule has 63 heavy (non-hydrogen) atoms. The second-order valence-corrected chi connectivity index (χ2v) is 17.8. The summed E-state index contributed by atoms with van der Waals surface area (Å²) in [4.78, 5) is 2.53. The predicted octanol–water partition coefficient (Wildman–Crippen LogP) is 16.9. The van der Waals surface area contributed by atoms with Crippen LogP contribution in [0.3, 0.4) is 0 Å². The van der Waals surface area contributed by atoms with Crippen molar-refractivity contribution in [3.05, 3.63) is 259 Å². The maximum Gasteiger partial charge on any atom is 0.0714 e. The summed E-state index contributed by atoms with van der Waals surface area (Å²) in [5.74, 6) is 0. The van der Waals surface area contributed by atoms with E-state index >= 15 is 0 Å². The van der Waals surface area contributed by atoms with Gasteiger partial charge >= 0.3 is 0 Å². The van der Waals surface area contributed by atoms with Gasteiger partial charge in [0, 0.05) is 26.8 Å². The van der Waals surface area contributed by atoms with E-state index in [0.717, 1.165) is 11.4 Å². The van der Waals surface area contributed by atoms with Crippen LogP contribution in [0.25, 0.3) is 75.8 Å². The highest BCUT2D eigenvalue weighted by atomic mass is 32.1. The standard InChI is InChI=1S/C61H39NS/c1-3-18-40(19-4-1)61(41-20-5-2-6-21-41)56-31-15-13-28-51(56)52-37-35-43(39-57(52)61)62(58-32-17-30-54-53-29-14-16-33-59(53)63-60(54)58)42-34-36-50-48-26-10-9-24-46(48)44-22-7-8-23-45(44)47-25-11-12-27-49(47)55(50)38-42/h1-39H. The summed E-state index contributed by atoms with van der Waals surface area (Å²) in [5, 5.41) is 2.56. The third-order valence-corrected chi connectivity index (χ3v) is 14.7. The molecular formula is C61H39NS. The normalized spacial score (nSPS) is 12.9. The highest BCUT2D eigenvalue weighted by Crippen LogP contribution is 2.58. The zero-order valence-electron chi connectivity index (χ0n) is 34.4. The minimum atomic E-state index is -0.526. The van der Waals surface area contributed by atoms with Gasteiger partial charge in [-0.15, -0.1) is 11.3 Å². The van der Waals surface area contributed by atoms with E-state index in [1.807, 2.05) is 11.3 Å². The summed E-state index contributed by atoms with van der Waals surface area (Å²) < 4.78 is 2.56. The average molecular weight is 818 g/mol. The Bertz CT molecular complexity index is 3540. The zero-order chi connectivity index (χ0) is 41.5. The van der Waals surface area contributed by atoms with E-state index in [2.05, 4.69) is 241 Å². The average Bonchev–Trinajstić information content (AvgIpc) is 3.89. The van der Waals surface area contributed by atoms with Gasteiger partial charge in [-0.3, -0.25) is 0 Å². The lowest BCUT2D eigenvalue weighted by atomic mass is 9.67. The van der Waals surface area contributed by atoms with E-state index in [0.29, 0.717) is 0 Å². The molecule has 0 amide bonds. The quantitative estimate of drug-likeness (QED) is 0.167. The van der Waals surface area contributed by atoms with Gasteiger partial charge < -0.3 is 4.90 Å². The number of hydrogen-bond acceptors (Lipinski definition) is 2. The molecule has 0 radical (unpaired) electrons. The molecule has 0 unspecified atom stereocenters. The highest BCUT2D eigenvalue weighted by molar-refractivity contribution is 7.26. The topological polar surface area (TPSA) is 3.24 Å². The first-order chi connectivity index (χ1) is 31.3. The number of nitrogens with zero attached hydrogens (tertiary/aromatic N) is 1. The Kier molecular flexibility index (Phi) is 8.06. The fourth-order valence-electron chi connectivity index (χ4n) is 10.9. The first kappa shape index (κ1) is 35.9. The molecule has 1 nitrogen and oxygen atoms in total. The maximum atomic E-state index is 2.53. The molecular weight excluding hydrogens is 779 g/mol. The minimum absolute atomic E-state index is 0.526. The number of rotatable bonds is 5. The molecule has 0 spiro atoms. The molecule has 0 saturated heterocycles. The lowest BCUT2D eigenvalue weighted by molar-refractivity contribution is 0.768. The van der Waals surface area contributed by atoms with E-state index in [1.165, 1.54) is 104 Å². The number of anilines is 3. The summed E-state index contributed by atoms with van der Waals surface area (Å²) in [5.41, 5.74) is 20.4. The summed E-state index contributed by atoms with van der Waals surface area (Å²) in [7, 11) is 0. The fourth-order valence-corrected chi connectivity index (χ4v) is 12.1. The van der Waals surface area contributed by atoms with Crippen molar-refractivity contribution in [2.75, 3.05) is 4.90 Å². The molecule has 2 aliphatic rings. The second-order valence-electron chi connectivity index (χ2n) is 16.7. The summed E-state index contributed by atoms with van der Waals surface area (Å²) in [6.07, 6.45) is 0. The Hall–Kier alpha value is -7.78. The van der Waals surface area contributed by atoms with E-state index < -0.39 is 5.41 Å². The summed E-state index contributed by atoms with van der Waals surface area (Å²) in [6, 6.07) is 88.1. The molecule has 1 heterocycles. The number of thiophene rings is 1. The van der Waals surface area contributed by atoms with Gasteiger partial charge in [0.1, 0.15) is 0 Å². The Morgan fingerprint density at radius 3 is 1.37 bits per heavy atom. The molecule has 0 N–H and O–H groups in total. The molecule has 11 aromatic rings. The third kappa shape index (κ3) is 5.29. The van der Waals surface area contributed by atoms with Gasteiger partial charge in [0.2, 0.25) is 0 Å². The van der Waals surface area contributed by atoms with Crippen LogP contribution in [0.4, 0.5) is 17.1 Å². The van der Waals surface area contributed by atoms with Crippen molar-refractivity contribution in [2.45, 2.75) is 5.41 Å². The van der Waals surface area contributed by atoms with Gasteiger partial charge in [-0.25, -0.2) is 0 Å². The Labute approximate surface area is 371 Å². The van der Waals surface area contributed by atoms with Gasteiger partial charge in [-0.05, 0) is 114 Å². The van der Waals surface area contributed by atoms with E-state index in [9.17, 15) is 0 Å². The largest absolute Gasteiger partial charge is 0.309 e. The summed E-state index contributed by atoms with van der Waals surface area (Å²) >= 11 is 1.88. The lowest BCUT2D eigenvalue weighted by Crippen LogP contribution is -2.28. The van der Waals surface area contributed by atoms with Crippen LogP contribution in [-0.2, 0) is 5.41 Å². The van der Waals surface area contributed by atoms with Crippen LogP contribution in [0.5, 0.6) is 0 Å². The van der Waals surface area contributed by atoms with E-state index in [1.54, 1.807) is 0 Å². The molecule has 0 atom stereocenters. The minimum Gasteiger partial charge on any atom is -0.309 e. The first-order valence-electron chi connectivity index (χ1n) is 21.8. The van der Waals surface area contributed by atoms with Crippen molar-refractivity contribution < 1.29 is 0 Å². The molecule has 0 fully saturated rings. The Morgan fingerprint density at radius 2 is 0.746 bits per heavy atom. The molecule has 1 aromatic heterocycles. The SMILES string of the molecule is c1ccc(C2(c3ccccc3)c3ccccc3-c3ccc(N(c4ccc5c(c4)-c4ccccc4-c4ccccc4-c4ccccc4-5)c4cccc5c4sc4ccccc45)cc32)cc1. The van der Waals surface area contributed by atoms with E-state index in [4.69, 9.17) is 0 Å². The van der Waals surface area contributed by atoms with Crippen LogP contribution in [0.15, 0.2) is 237 Å². The Balaban J connectivity index is 1.12. The molecule has 0 saturated carbocycles. The molecule has 2 heteroatoms. The monoisotopic (exact) mass is 817 g/mol. The van der Waals surface area contributed by atoms with Crippen LogP contribution in [0.2, 0.25) is 0 Å². The molecule has 2 aliphatic carbocycles. The molecule has 0 bridgehead atoms. The van der Waals surface area contributed by atoms with Crippen molar-refractivity contribution in [3.8, 4) is 55.6 Å². The number of benzene rings is 10. The van der Waals surface area contributed by atoms with Gasteiger partial charge in [-0.1, -0.05) is 200 Å². The van der Waals surface area contributed by atoms with Crippen molar-refractivity contribution in [1.29, 1.82) is 0 Å².